The minimum atomic E-state index is -4.76. The lowest BCUT2D eigenvalue weighted by atomic mass is 9.98. The van der Waals surface area contributed by atoms with Gasteiger partial charge in [0.05, 0.1) is 17.5 Å². The molecule has 12 heteroatoms. The van der Waals surface area contributed by atoms with Crippen LogP contribution in [0.5, 0.6) is 0 Å². The van der Waals surface area contributed by atoms with Gasteiger partial charge >= 0.3 is 6.18 Å². The fraction of sp³-hybridized carbons (Fsp3) is 0.500. The summed E-state index contributed by atoms with van der Waals surface area (Å²) in [6, 6.07) is 4.31. The lowest BCUT2D eigenvalue weighted by Crippen LogP contribution is -2.61. The molecule has 3 heterocycles. The van der Waals surface area contributed by atoms with Crippen molar-refractivity contribution >= 4 is 17.8 Å². The van der Waals surface area contributed by atoms with Crippen molar-refractivity contribution in [3.63, 3.8) is 0 Å². The number of halogens is 4. The number of aldehydes is 1. The first-order valence-electron chi connectivity index (χ1n) is 12.8. The number of alkyl halides is 3. The van der Waals surface area contributed by atoms with Crippen LogP contribution in [0.4, 0.5) is 17.6 Å². The third-order valence-corrected chi connectivity index (χ3v) is 6.91. The first kappa shape index (κ1) is 31.2. The fourth-order valence-corrected chi connectivity index (χ4v) is 4.35. The zero-order valence-electron chi connectivity index (χ0n) is 23.7. The number of carbonyl (C=O) groups excluding carboxylic acids is 2. The molecule has 0 saturated carbocycles. The second kappa shape index (κ2) is 11.2. The van der Waals surface area contributed by atoms with Gasteiger partial charge in [-0.1, -0.05) is 19.9 Å². The van der Waals surface area contributed by atoms with Crippen LogP contribution in [0.1, 0.15) is 69.1 Å². The van der Waals surface area contributed by atoms with E-state index in [0.29, 0.717) is 36.8 Å². The molecule has 1 amide bonds. The summed E-state index contributed by atoms with van der Waals surface area (Å²) < 4.78 is 53.3. The molecule has 1 fully saturated rings. The van der Waals surface area contributed by atoms with E-state index in [1.54, 1.807) is 24.8 Å². The average molecular weight is 566 g/mol. The highest BCUT2D eigenvalue weighted by molar-refractivity contribution is 5.84. The number of nitrogens with zero attached hydrogens (tertiary/aromatic N) is 5. The molecule has 0 atom stereocenters. The maximum absolute atomic E-state index is 13.9. The first-order valence-corrected chi connectivity index (χ1v) is 12.8. The van der Waals surface area contributed by atoms with Crippen LogP contribution in [0, 0.1) is 5.82 Å². The van der Waals surface area contributed by atoms with Crippen molar-refractivity contribution in [1.29, 1.82) is 0 Å². The van der Waals surface area contributed by atoms with Crippen molar-refractivity contribution in [2.24, 2.45) is 0 Å². The smallest absolute Gasteiger partial charge is 0.381 e. The van der Waals surface area contributed by atoms with E-state index in [2.05, 4.69) is 35.9 Å². The molecular weight excluding hydrogens is 530 g/mol. The zero-order valence-corrected chi connectivity index (χ0v) is 23.7. The highest BCUT2D eigenvalue weighted by atomic mass is 19.4. The van der Waals surface area contributed by atoms with Crippen molar-refractivity contribution in [1.82, 2.24) is 24.4 Å². The Bertz CT molecular complexity index is 1390. The zero-order chi connectivity index (χ0) is 30.2. The predicted molar refractivity (Wildman–Crippen MR) is 142 cm³/mol. The molecular formula is C28H35F4N5O3. The standard InChI is InChI=1S/C17H13F4N3O.C11H22N2O2/c1-9(2)12-6-15(23-24-7-11(8-25)22-16(12)24)10-3-4-13(14(18)5-10)17(19,20)21;1-10(2)8-13(7-6-12(10)5)9(14)11(3,4)15/h3-9H,1-2H3;15H,6-8H2,1-5H3. The molecule has 1 saturated heterocycles. The number of hydrogen-bond acceptors (Lipinski definition) is 6. The van der Waals surface area contributed by atoms with Crippen LogP contribution < -0.4 is 0 Å². The monoisotopic (exact) mass is 565 g/mol. The molecule has 8 nitrogen and oxygen atoms in total. The molecule has 1 aliphatic rings. The number of piperazine rings is 1. The second-order valence-corrected chi connectivity index (χ2v) is 11.4. The highest BCUT2D eigenvalue weighted by Crippen LogP contribution is 2.34. The second-order valence-electron chi connectivity index (χ2n) is 11.4. The summed E-state index contributed by atoms with van der Waals surface area (Å²) in [7, 11) is 2.06. The minimum Gasteiger partial charge on any atom is -0.381 e. The fourth-order valence-electron chi connectivity index (χ4n) is 4.35. The number of imidazole rings is 1. The van der Waals surface area contributed by atoms with Crippen LogP contribution in [-0.2, 0) is 11.0 Å². The van der Waals surface area contributed by atoms with E-state index in [-0.39, 0.29) is 28.6 Å². The molecule has 2 aromatic heterocycles. The lowest BCUT2D eigenvalue weighted by Gasteiger charge is -2.46. The van der Waals surface area contributed by atoms with Gasteiger partial charge in [0, 0.05) is 36.3 Å². The molecule has 4 rings (SSSR count). The summed E-state index contributed by atoms with van der Waals surface area (Å²) in [6.07, 6.45) is -2.76. The number of hydrogen-bond donors (Lipinski definition) is 1. The molecule has 1 aromatic carbocycles. The van der Waals surface area contributed by atoms with Crippen molar-refractivity contribution in [2.75, 3.05) is 26.7 Å². The Morgan fingerprint density at radius 2 is 1.80 bits per heavy atom. The van der Waals surface area contributed by atoms with E-state index >= 15 is 0 Å². The van der Waals surface area contributed by atoms with E-state index in [1.807, 2.05) is 13.8 Å². The normalized spacial score (nSPS) is 16.2. The Kier molecular flexibility index (Phi) is 8.76. The third-order valence-electron chi connectivity index (χ3n) is 6.91. The van der Waals surface area contributed by atoms with Gasteiger partial charge in [0.25, 0.3) is 5.91 Å². The predicted octanol–water partition coefficient (Wildman–Crippen LogP) is 4.80. The molecule has 0 radical (unpaired) electrons. The molecule has 0 unspecified atom stereocenters. The Labute approximate surface area is 230 Å². The maximum atomic E-state index is 13.9. The number of aliphatic hydroxyl groups is 1. The number of carbonyl (C=O) groups is 2. The van der Waals surface area contributed by atoms with E-state index in [0.717, 1.165) is 18.2 Å². The van der Waals surface area contributed by atoms with Gasteiger partial charge in [-0.3, -0.25) is 14.5 Å². The van der Waals surface area contributed by atoms with Crippen molar-refractivity contribution < 1.29 is 32.3 Å². The minimum absolute atomic E-state index is 0.0147. The summed E-state index contributed by atoms with van der Waals surface area (Å²) in [6.45, 7) is 13.3. The SMILES string of the molecule is CC(C)c1cc(-c2ccc(C(F)(F)F)c(F)c2)nn2cc(C=O)nc12.CN1CCN(C(=O)C(C)(C)O)CC1(C)C. The molecule has 1 aliphatic heterocycles. The van der Waals surface area contributed by atoms with E-state index in [9.17, 15) is 32.3 Å². The van der Waals surface area contributed by atoms with Crippen LogP contribution in [0.2, 0.25) is 0 Å². The van der Waals surface area contributed by atoms with Gasteiger partial charge in [-0.05, 0) is 58.9 Å². The number of rotatable bonds is 4. The summed E-state index contributed by atoms with van der Waals surface area (Å²) in [5.41, 5.74) is -0.691. The highest BCUT2D eigenvalue weighted by Gasteiger charge is 2.38. The summed E-state index contributed by atoms with van der Waals surface area (Å²) in [4.78, 5) is 30.9. The molecule has 1 N–H and O–H groups in total. The largest absolute Gasteiger partial charge is 0.419 e. The van der Waals surface area contributed by atoms with Gasteiger partial charge in [-0.15, -0.1) is 0 Å². The van der Waals surface area contributed by atoms with Crippen molar-refractivity contribution in [2.45, 2.75) is 64.8 Å². The summed E-state index contributed by atoms with van der Waals surface area (Å²) in [5, 5.41) is 13.9. The van der Waals surface area contributed by atoms with Crippen LogP contribution in [0.25, 0.3) is 16.9 Å². The number of benzene rings is 1. The van der Waals surface area contributed by atoms with Crippen LogP contribution in [0.3, 0.4) is 0 Å². The Morgan fingerprint density at radius 1 is 1.15 bits per heavy atom. The Balaban J connectivity index is 0.000000252. The molecule has 218 valence electrons. The number of likely N-dealkylation sites (N-methyl/N-ethyl adjacent to an activating group) is 1. The van der Waals surface area contributed by atoms with Gasteiger partial charge in [-0.2, -0.15) is 18.3 Å². The van der Waals surface area contributed by atoms with Crippen molar-refractivity contribution in [3.8, 4) is 11.3 Å². The van der Waals surface area contributed by atoms with Crippen LogP contribution in [0.15, 0.2) is 30.5 Å². The van der Waals surface area contributed by atoms with Crippen LogP contribution >= 0.6 is 0 Å². The summed E-state index contributed by atoms with van der Waals surface area (Å²) >= 11 is 0. The van der Waals surface area contributed by atoms with Gasteiger partial charge in [0.1, 0.15) is 17.1 Å². The van der Waals surface area contributed by atoms with E-state index in [4.69, 9.17) is 0 Å². The lowest BCUT2D eigenvalue weighted by molar-refractivity contribution is -0.152. The van der Waals surface area contributed by atoms with Crippen LogP contribution in [-0.4, -0.2) is 79.5 Å². The number of fused-ring (bicyclic) bond motifs is 1. The van der Waals surface area contributed by atoms with Crippen molar-refractivity contribution in [3.05, 3.63) is 53.1 Å². The Hall–Kier alpha value is -3.38. The first-order chi connectivity index (χ1) is 18.3. The van der Waals surface area contributed by atoms with E-state index < -0.39 is 23.2 Å². The summed E-state index contributed by atoms with van der Waals surface area (Å²) in [5.74, 6) is -1.52. The van der Waals surface area contributed by atoms with Gasteiger partial charge in [-0.25, -0.2) is 13.9 Å². The molecule has 40 heavy (non-hydrogen) atoms. The molecule has 0 aliphatic carbocycles. The topological polar surface area (TPSA) is 91.0 Å². The quantitative estimate of drug-likeness (QED) is 0.361. The molecule has 0 bridgehead atoms. The Morgan fingerprint density at radius 3 is 2.30 bits per heavy atom. The van der Waals surface area contributed by atoms with Gasteiger partial charge in [0.2, 0.25) is 0 Å². The number of aromatic nitrogens is 3. The van der Waals surface area contributed by atoms with E-state index in [1.165, 1.54) is 16.8 Å². The van der Waals surface area contributed by atoms with Gasteiger partial charge < -0.3 is 10.0 Å². The average Bonchev–Trinajstić information content (AvgIpc) is 3.27. The van der Waals surface area contributed by atoms with Gasteiger partial charge in [0.15, 0.2) is 11.9 Å². The third kappa shape index (κ3) is 6.84. The molecule has 0 spiro atoms. The number of amides is 1. The molecule has 3 aromatic rings. The maximum Gasteiger partial charge on any atom is 0.419 e.